The van der Waals surface area contributed by atoms with Crippen molar-refractivity contribution >= 4 is 22.8 Å². The Hall–Kier alpha value is -3.23. The summed E-state index contributed by atoms with van der Waals surface area (Å²) in [6.45, 7) is 0.343. The summed E-state index contributed by atoms with van der Waals surface area (Å²) in [6.07, 6.45) is 2.07. The number of nitrogens with one attached hydrogen (secondary N) is 1. The molecule has 0 fully saturated rings. The fraction of sp³-hybridized carbons (Fsp3) is 0.154. The first-order chi connectivity index (χ1) is 10.6. The summed E-state index contributed by atoms with van der Waals surface area (Å²) >= 11 is 0. The quantitative estimate of drug-likeness (QED) is 0.538. The van der Waals surface area contributed by atoms with E-state index >= 15 is 0 Å². The average Bonchev–Trinajstić information content (AvgIpc) is 2.96. The predicted molar refractivity (Wildman–Crippen MR) is 78.4 cm³/mol. The number of fused-ring (bicyclic) bond motifs is 1. The van der Waals surface area contributed by atoms with Crippen LogP contribution in [0.4, 0.5) is 11.6 Å². The highest BCUT2D eigenvalue weighted by molar-refractivity contribution is 5.76. The molecule has 0 saturated heterocycles. The van der Waals surface area contributed by atoms with Crippen molar-refractivity contribution in [3.8, 4) is 5.88 Å². The zero-order valence-electron chi connectivity index (χ0n) is 11.4. The summed E-state index contributed by atoms with van der Waals surface area (Å²) in [5, 5.41) is 10.6. The van der Waals surface area contributed by atoms with E-state index in [1.165, 1.54) is 18.5 Å². The molecular formula is C13H12N6O3. The zero-order valence-corrected chi connectivity index (χ0v) is 11.4. The van der Waals surface area contributed by atoms with Crippen LogP contribution in [0.25, 0.3) is 11.2 Å². The van der Waals surface area contributed by atoms with Gasteiger partial charge in [0.1, 0.15) is 0 Å². The number of nitro benzene ring substituents is 1. The molecule has 9 nitrogen and oxygen atoms in total. The van der Waals surface area contributed by atoms with Gasteiger partial charge in [-0.3, -0.25) is 10.1 Å². The Bertz CT molecular complexity index is 814. The molecule has 9 heteroatoms. The van der Waals surface area contributed by atoms with Crippen molar-refractivity contribution in [3.05, 3.63) is 46.3 Å². The summed E-state index contributed by atoms with van der Waals surface area (Å²) in [5.74, 6) is 0.410. The van der Waals surface area contributed by atoms with Gasteiger partial charge in [-0.15, -0.1) is 0 Å². The molecular weight excluding hydrogens is 288 g/mol. The maximum absolute atomic E-state index is 10.6. The molecule has 1 aromatic carbocycles. The molecule has 2 heterocycles. The van der Waals surface area contributed by atoms with E-state index in [9.17, 15) is 10.1 Å². The largest absolute Gasteiger partial charge is 0.476 e. The SMILES string of the molecule is Nc1nc(OCCc2ccc([N+](=O)[O-])cc2)c2nc[nH]c2n1. The Morgan fingerprint density at radius 2 is 2.05 bits per heavy atom. The van der Waals surface area contributed by atoms with Crippen LogP contribution in [0.15, 0.2) is 30.6 Å². The molecule has 2 aromatic heterocycles. The number of nitrogen functional groups attached to an aromatic ring is 1. The minimum atomic E-state index is -0.432. The van der Waals surface area contributed by atoms with Crippen molar-refractivity contribution in [3.63, 3.8) is 0 Å². The number of non-ortho nitro benzene ring substituents is 1. The highest BCUT2D eigenvalue weighted by Crippen LogP contribution is 2.20. The molecule has 0 aliphatic carbocycles. The Morgan fingerprint density at radius 1 is 1.27 bits per heavy atom. The molecule has 112 valence electrons. The van der Waals surface area contributed by atoms with Gasteiger partial charge in [0.05, 0.1) is 17.9 Å². The molecule has 3 rings (SSSR count). The number of benzene rings is 1. The van der Waals surface area contributed by atoms with Gasteiger partial charge >= 0.3 is 0 Å². The van der Waals surface area contributed by atoms with Crippen molar-refractivity contribution in [1.82, 2.24) is 19.9 Å². The summed E-state index contributed by atoms with van der Waals surface area (Å²) in [5.41, 5.74) is 7.61. The number of hydrogen-bond acceptors (Lipinski definition) is 7. The molecule has 0 atom stereocenters. The molecule has 0 radical (unpaired) electrons. The molecule has 0 spiro atoms. The second-order valence-electron chi connectivity index (χ2n) is 4.51. The highest BCUT2D eigenvalue weighted by Gasteiger charge is 2.10. The van der Waals surface area contributed by atoms with Crippen LogP contribution >= 0.6 is 0 Å². The number of aromatic nitrogens is 4. The first-order valence-corrected chi connectivity index (χ1v) is 6.46. The monoisotopic (exact) mass is 300 g/mol. The first kappa shape index (κ1) is 13.7. The number of anilines is 1. The van der Waals surface area contributed by atoms with Crippen molar-refractivity contribution in [1.29, 1.82) is 0 Å². The van der Waals surface area contributed by atoms with E-state index in [0.717, 1.165) is 5.56 Å². The van der Waals surface area contributed by atoms with E-state index in [1.807, 2.05) is 0 Å². The third kappa shape index (κ3) is 2.77. The maximum Gasteiger partial charge on any atom is 0.269 e. The van der Waals surface area contributed by atoms with Crippen LogP contribution in [-0.4, -0.2) is 31.5 Å². The van der Waals surface area contributed by atoms with Gasteiger partial charge in [0.25, 0.3) is 5.69 Å². The highest BCUT2D eigenvalue weighted by atomic mass is 16.6. The number of H-pyrrole nitrogens is 1. The van der Waals surface area contributed by atoms with Gasteiger partial charge in [-0.1, -0.05) is 12.1 Å². The predicted octanol–water partition coefficient (Wildman–Crippen LogP) is 1.46. The van der Waals surface area contributed by atoms with Crippen LogP contribution in [0, 0.1) is 10.1 Å². The molecule has 3 N–H and O–H groups in total. The Kier molecular flexibility index (Phi) is 3.52. The van der Waals surface area contributed by atoms with Gasteiger partial charge in [0.15, 0.2) is 11.2 Å². The fourth-order valence-corrected chi connectivity index (χ4v) is 1.98. The third-order valence-electron chi connectivity index (χ3n) is 3.04. The number of imidazole rings is 1. The average molecular weight is 300 g/mol. The standard InChI is InChI=1S/C13H12N6O3/c14-13-17-11-10(15-7-16-11)12(18-13)22-6-5-8-1-3-9(4-2-8)19(20)21/h1-4,7H,5-6H2,(H3,14,15,16,17,18). The van der Waals surface area contributed by atoms with Gasteiger partial charge in [0.2, 0.25) is 11.8 Å². The van der Waals surface area contributed by atoms with Crippen LogP contribution < -0.4 is 10.5 Å². The lowest BCUT2D eigenvalue weighted by atomic mass is 10.1. The second-order valence-corrected chi connectivity index (χ2v) is 4.51. The summed E-state index contributed by atoms with van der Waals surface area (Å²) in [4.78, 5) is 25.1. The van der Waals surface area contributed by atoms with E-state index in [1.54, 1.807) is 12.1 Å². The van der Waals surface area contributed by atoms with Crippen molar-refractivity contribution < 1.29 is 9.66 Å². The Morgan fingerprint density at radius 3 is 2.77 bits per heavy atom. The molecule has 0 saturated carbocycles. The number of hydrogen-bond donors (Lipinski definition) is 2. The zero-order chi connectivity index (χ0) is 15.5. The van der Waals surface area contributed by atoms with Crippen LogP contribution in [-0.2, 0) is 6.42 Å². The fourth-order valence-electron chi connectivity index (χ4n) is 1.98. The number of nitrogens with zero attached hydrogens (tertiary/aromatic N) is 4. The number of aromatic amines is 1. The Labute approximate surface area is 124 Å². The number of nitrogens with two attached hydrogens (primary N) is 1. The van der Waals surface area contributed by atoms with Crippen LogP contribution in [0.3, 0.4) is 0 Å². The molecule has 22 heavy (non-hydrogen) atoms. The van der Waals surface area contributed by atoms with Crippen molar-refractivity contribution in [2.75, 3.05) is 12.3 Å². The van der Waals surface area contributed by atoms with Crippen LogP contribution in [0.1, 0.15) is 5.56 Å². The third-order valence-corrected chi connectivity index (χ3v) is 3.04. The van der Waals surface area contributed by atoms with Crippen LogP contribution in [0.2, 0.25) is 0 Å². The number of rotatable bonds is 5. The number of ether oxygens (including phenoxy) is 1. The minimum absolute atomic E-state index is 0.0615. The Balaban J connectivity index is 1.67. The molecule has 0 aliphatic heterocycles. The lowest BCUT2D eigenvalue weighted by Crippen LogP contribution is -2.05. The van der Waals surface area contributed by atoms with E-state index in [0.29, 0.717) is 30.1 Å². The van der Waals surface area contributed by atoms with Crippen LogP contribution in [0.5, 0.6) is 5.88 Å². The van der Waals surface area contributed by atoms with Gasteiger partial charge in [0, 0.05) is 18.6 Å². The topological polar surface area (TPSA) is 133 Å². The van der Waals surface area contributed by atoms with E-state index in [-0.39, 0.29) is 11.6 Å². The lowest BCUT2D eigenvalue weighted by molar-refractivity contribution is -0.384. The van der Waals surface area contributed by atoms with Gasteiger partial charge < -0.3 is 15.5 Å². The van der Waals surface area contributed by atoms with Crippen molar-refractivity contribution in [2.24, 2.45) is 0 Å². The van der Waals surface area contributed by atoms with Crippen molar-refractivity contribution in [2.45, 2.75) is 6.42 Å². The molecule has 3 aromatic rings. The van der Waals surface area contributed by atoms with Gasteiger partial charge in [-0.2, -0.15) is 9.97 Å². The summed E-state index contributed by atoms with van der Waals surface area (Å²) in [6, 6.07) is 6.31. The van der Waals surface area contributed by atoms with E-state index < -0.39 is 4.92 Å². The molecule has 0 aliphatic rings. The smallest absolute Gasteiger partial charge is 0.269 e. The molecule has 0 bridgehead atoms. The number of nitro groups is 1. The minimum Gasteiger partial charge on any atom is -0.476 e. The van der Waals surface area contributed by atoms with Gasteiger partial charge in [-0.05, 0) is 5.56 Å². The van der Waals surface area contributed by atoms with E-state index in [2.05, 4.69) is 19.9 Å². The normalized spacial score (nSPS) is 10.7. The first-order valence-electron chi connectivity index (χ1n) is 6.46. The molecule has 0 amide bonds. The van der Waals surface area contributed by atoms with E-state index in [4.69, 9.17) is 10.5 Å². The molecule has 0 unspecified atom stereocenters. The summed E-state index contributed by atoms with van der Waals surface area (Å²) in [7, 11) is 0. The summed E-state index contributed by atoms with van der Waals surface area (Å²) < 4.78 is 5.59. The lowest BCUT2D eigenvalue weighted by Gasteiger charge is -2.06. The second kappa shape index (κ2) is 5.64. The van der Waals surface area contributed by atoms with Gasteiger partial charge in [-0.25, -0.2) is 4.98 Å². The maximum atomic E-state index is 10.6.